The SMILES string of the molecule is C/C(=N\O/C(=C/COc1ccc(C2CC2C2CCCC(NS)C2)c(Cl)c1)C1CC1)c1c(Cl)cccc1Cl. The minimum atomic E-state index is 0.372. The van der Waals surface area contributed by atoms with Crippen molar-refractivity contribution in [3.8, 4) is 5.75 Å². The first kappa shape index (κ1) is 27.2. The van der Waals surface area contributed by atoms with Gasteiger partial charge in [0.25, 0.3) is 0 Å². The fourth-order valence-corrected chi connectivity index (χ4v) is 6.82. The molecule has 0 aromatic heterocycles. The molecule has 0 radical (unpaired) electrons. The maximum Gasteiger partial charge on any atom is 0.137 e. The van der Waals surface area contributed by atoms with Crippen LogP contribution in [0.25, 0.3) is 0 Å². The molecule has 2 aromatic rings. The highest BCUT2D eigenvalue weighted by Gasteiger charge is 2.45. The molecule has 0 saturated heterocycles. The van der Waals surface area contributed by atoms with E-state index < -0.39 is 0 Å². The van der Waals surface area contributed by atoms with Crippen molar-refractivity contribution in [1.29, 1.82) is 0 Å². The highest BCUT2D eigenvalue weighted by Crippen LogP contribution is 2.56. The van der Waals surface area contributed by atoms with Crippen LogP contribution in [0.15, 0.2) is 53.4 Å². The van der Waals surface area contributed by atoms with Gasteiger partial charge < -0.3 is 9.57 Å². The first-order chi connectivity index (χ1) is 17.9. The lowest BCUT2D eigenvalue weighted by molar-refractivity contribution is 0.206. The summed E-state index contributed by atoms with van der Waals surface area (Å²) in [7, 11) is 0. The highest BCUT2D eigenvalue weighted by atomic mass is 35.5. The zero-order chi connectivity index (χ0) is 25.9. The van der Waals surface area contributed by atoms with E-state index in [1.807, 2.05) is 31.2 Å². The predicted molar refractivity (Wildman–Crippen MR) is 156 cm³/mol. The number of thiol groups is 1. The van der Waals surface area contributed by atoms with Gasteiger partial charge in [0.05, 0.1) is 15.8 Å². The molecule has 4 nitrogen and oxygen atoms in total. The Labute approximate surface area is 240 Å². The molecule has 0 spiro atoms. The molecule has 0 bridgehead atoms. The van der Waals surface area contributed by atoms with Gasteiger partial charge in [-0.05, 0) is 92.7 Å². The Morgan fingerprint density at radius 2 is 1.84 bits per heavy atom. The van der Waals surface area contributed by atoms with Gasteiger partial charge in [-0.1, -0.05) is 77.7 Å². The van der Waals surface area contributed by atoms with Crippen molar-refractivity contribution >= 4 is 53.3 Å². The van der Waals surface area contributed by atoms with E-state index in [0.717, 1.165) is 41.2 Å². The highest BCUT2D eigenvalue weighted by molar-refractivity contribution is 7.78. The minimum Gasteiger partial charge on any atom is -0.489 e. The van der Waals surface area contributed by atoms with Crippen LogP contribution in [0.1, 0.15) is 68.9 Å². The summed E-state index contributed by atoms with van der Waals surface area (Å²) in [6, 6.07) is 12.0. The van der Waals surface area contributed by atoms with Crippen LogP contribution < -0.4 is 9.46 Å². The van der Waals surface area contributed by atoms with Gasteiger partial charge in [0.2, 0.25) is 0 Å². The van der Waals surface area contributed by atoms with E-state index >= 15 is 0 Å². The zero-order valence-electron chi connectivity index (χ0n) is 20.9. The van der Waals surface area contributed by atoms with Crippen LogP contribution in [0.3, 0.4) is 0 Å². The predicted octanol–water partition coefficient (Wildman–Crippen LogP) is 8.86. The molecule has 37 heavy (non-hydrogen) atoms. The molecular weight excluding hydrogens is 547 g/mol. The molecule has 8 heteroatoms. The minimum absolute atomic E-state index is 0.372. The molecule has 3 aliphatic rings. The molecule has 3 saturated carbocycles. The molecule has 5 rings (SSSR count). The molecule has 4 atom stereocenters. The van der Waals surface area contributed by atoms with Gasteiger partial charge in [-0.3, -0.25) is 4.72 Å². The van der Waals surface area contributed by atoms with Crippen molar-refractivity contribution in [3.63, 3.8) is 0 Å². The molecule has 2 aromatic carbocycles. The smallest absolute Gasteiger partial charge is 0.137 e. The summed E-state index contributed by atoms with van der Waals surface area (Å²) in [6.07, 6.45) is 10.4. The average Bonchev–Trinajstić information content (AvgIpc) is 3.81. The molecule has 3 fully saturated rings. The van der Waals surface area contributed by atoms with Gasteiger partial charge in [-0.15, -0.1) is 0 Å². The van der Waals surface area contributed by atoms with Gasteiger partial charge in [-0.2, -0.15) is 0 Å². The summed E-state index contributed by atoms with van der Waals surface area (Å²) in [4.78, 5) is 5.81. The second-order valence-corrected chi connectivity index (χ2v) is 12.0. The molecular formula is C29H33Cl3N2O2S. The van der Waals surface area contributed by atoms with Crippen LogP contribution in [-0.2, 0) is 4.84 Å². The third-order valence-corrected chi connectivity index (χ3v) is 9.16. The van der Waals surface area contributed by atoms with Crippen LogP contribution in [-0.4, -0.2) is 18.4 Å². The fourth-order valence-electron chi connectivity index (χ4n) is 5.60. The Balaban J connectivity index is 1.17. The normalized spacial score (nSPS) is 26.2. The van der Waals surface area contributed by atoms with Crippen molar-refractivity contribution in [2.75, 3.05) is 6.61 Å². The second kappa shape index (κ2) is 12.2. The van der Waals surface area contributed by atoms with E-state index in [9.17, 15) is 0 Å². The number of benzene rings is 2. The molecule has 3 aliphatic carbocycles. The summed E-state index contributed by atoms with van der Waals surface area (Å²) in [5, 5.41) is 6.20. The van der Waals surface area contributed by atoms with Gasteiger partial charge in [0, 0.05) is 22.5 Å². The van der Waals surface area contributed by atoms with Gasteiger partial charge >= 0.3 is 0 Å². The number of allylic oxidation sites excluding steroid dienone is 1. The number of nitrogens with one attached hydrogen (secondary N) is 1. The van der Waals surface area contributed by atoms with Crippen molar-refractivity contribution in [3.05, 3.63) is 74.4 Å². The van der Waals surface area contributed by atoms with Crippen molar-refractivity contribution in [1.82, 2.24) is 4.72 Å². The van der Waals surface area contributed by atoms with E-state index in [1.165, 1.54) is 37.7 Å². The summed E-state index contributed by atoms with van der Waals surface area (Å²) in [5.74, 6) is 4.01. The lowest BCUT2D eigenvalue weighted by Crippen LogP contribution is -2.29. The van der Waals surface area contributed by atoms with Crippen molar-refractivity contribution in [2.45, 2.75) is 63.8 Å². The monoisotopic (exact) mass is 578 g/mol. The van der Waals surface area contributed by atoms with Crippen LogP contribution in [0.4, 0.5) is 0 Å². The van der Waals surface area contributed by atoms with Crippen LogP contribution >= 0.6 is 47.6 Å². The molecule has 198 valence electrons. The van der Waals surface area contributed by atoms with Gasteiger partial charge in [0.15, 0.2) is 0 Å². The maximum atomic E-state index is 6.71. The van der Waals surface area contributed by atoms with E-state index in [2.05, 4.69) is 28.8 Å². The first-order valence-corrected chi connectivity index (χ1v) is 14.7. The zero-order valence-corrected chi connectivity index (χ0v) is 24.1. The standard InChI is InChI=1S/C29H33Cl3N2O2S/c1-17(29-25(30)6-3-7-26(29)31)33-36-28(18-8-9-18)12-13-35-21-10-11-22(27(32)15-21)24-16-23(24)19-4-2-5-20(14-19)34-37/h3,6-7,10-12,15,18-20,23-24,34,37H,2,4-5,8-9,13-14,16H2,1H3/b28-12+,33-17+. The summed E-state index contributed by atoms with van der Waals surface area (Å²) >= 11 is 23.6. The van der Waals surface area contributed by atoms with E-state index in [0.29, 0.717) is 45.8 Å². The average molecular weight is 580 g/mol. The van der Waals surface area contributed by atoms with E-state index in [1.54, 1.807) is 12.1 Å². The van der Waals surface area contributed by atoms with E-state index in [-0.39, 0.29) is 0 Å². The fraction of sp³-hybridized carbons (Fsp3) is 0.483. The number of oxime groups is 1. The Bertz CT molecular complexity index is 1160. The number of hydrogen-bond acceptors (Lipinski definition) is 5. The van der Waals surface area contributed by atoms with Crippen LogP contribution in [0.2, 0.25) is 15.1 Å². The van der Waals surface area contributed by atoms with E-state index in [4.69, 9.17) is 44.4 Å². The van der Waals surface area contributed by atoms with Gasteiger partial charge in [-0.25, -0.2) is 0 Å². The number of hydrogen-bond donors (Lipinski definition) is 2. The number of ether oxygens (including phenoxy) is 1. The lowest BCUT2D eigenvalue weighted by Gasteiger charge is -2.28. The van der Waals surface area contributed by atoms with Crippen molar-refractivity contribution < 1.29 is 9.57 Å². The first-order valence-electron chi connectivity index (χ1n) is 13.1. The van der Waals surface area contributed by atoms with Crippen molar-refractivity contribution in [2.24, 2.45) is 22.9 Å². The Hall–Kier alpha value is -1.37. The summed E-state index contributed by atoms with van der Waals surface area (Å²) < 4.78 is 9.18. The number of halogens is 3. The second-order valence-electron chi connectivity index (χ2n) is 10.5. The van der Waals surface area contributed by atoms with Crippen LogP contribution in [0.5, 0.6) is 5.75 Å². The topological polar surface area (TPSA) is 42.9 Å². The lowest BCUT2D eigenvalue weighted by atomic mass is 9.82. The third kappa shape index (κ3) is 6.80. The summed E-state index contributed by atoms with van der Waals surface area (Å²) in [5.41, 5.74) is 2.57. The Morgan fingerprint density at radius 3 is 2.54 bits per heavy atom. The quantitative estimate of drug-likeness (QED) is 0.128. The van der Waals surface area contributed by atoms with Gasteiger partial charge in [0.1, 0.15) is 18.1 Å². The Kier molecular flexibility index (Phi) is 8.98. The Morgan fingerprint density at radius 1 is 1.05 bits per heavy atom. The largest absolute Gasteiger partial charge is 0.489 e. The molecule has 4 unspecified atom stereocenters. The molecule has 1 N–H and O–H groups in total. The molecule has 0 aliphatic heterocycles. The third-order valence-electron chi connectivity index (χ3n) is 7.84. The number of nitrogens with zero attached hydrogens (tertiary/aromatic N) is 1. The molecule has 0 heterocycles. The summed E-state index contributed by atoms with van der Waals surface area (Å²) in [6.45, 7) is 2.22. The molecule has 0 amide bonds. The maximum absolute atomic E-state index is 6.71. The van der Waals surface area contributed by atoms with Crippen LogP contribution in [0, 0.1) is 17.8 Å². The number of rotatable bonds is 10.